The lowest BCUT2D eigenvalue weighted by molar-refractivity contribution is -0.143. The van der Waals surface area contributed by atoms with Crippen molar-refractivity contribution in [1.29, 1.82) is 0 Å². The largest absolute Gasteiger partial charge is 0.466 e. The third kappa shape index (κ3) is 59.4. The van der Waals surface area contributed by atoms with Crippen molar-refractivity contribution in [2.24, 2.45) is 0 Å². The van der Waals surface area contributed by atoms with E-state index in [0.29, 0.717) is 25.9 Å². The van der Waals surface area contributed by atoms with Gasteiger partial charge in [0.25, 0.3) is 0 Å². The molecule has 432 valence electrons. The molecular formula is C67H129NO5. The Kier molecular flexibility index (Phi) is 61.4. The molecule has 0 bridgehead atoms. The first-order chi connectivity index (χ1) is 36.0. The van der Waals surface area contributed by atoms with Gasteiger partial charge < -0.3 is 20.3 Å². The maximum atomic E-state index is 12.5. The average Bonchev–Trinajstić information content (AvgIpc) is 3.39. The number of hydrogen-bond acceptors (Lipinski definition) is 5. The third-order valence-electron chi connectivity index (χ3n) is 15.5. The predicted octanol–water partition coefficient (Wildman–Crippen LogP) is 21.0. The van der Waals surface area contributed by atoms with E-state index in [-0.39, 0.29) is 18.5 Å². The molecule has 73 heavy (non-hydrogen) atoms. The van der Waals surface area contributed by atoms with Crippen LogP contribution >= 0.6 is 0 Å². The summed E-state index contributed by atoms with van der Waals surface area (Å²) in [5, 5.41) is 23.4. The van der Waals surface area contributed by atoms with E-state index in [1.54, 1.807) is 0 Å². The number of esters is 1. The number of carbonyl (C=O) groups is 2. The van der Waals surface area contributed by atoms with Crippen LogP contribution in [-0.2, 0) is 14.3 Å². The van der Waals surface area contributed by atoms with Gasteiger partial charge in [0.2, 0.25) is 5.91 Å². The summed E-state index contributed by atoms with van der Waals surface area (Å²) in [5.74, 6) is -0.0320. The van der Waals surface area contributed by atoms with Crippen LogP contribution in [0.4, 0.5) is 0 Å². The van der Waals surface area contributed by atoms with E-state index >= 15 is 0 Å². The van der Waals surface area contributed by atoms with Crippen LogP contribution in [0, 0.1) is 0 Å². The van der Waals surface area contributed by atoms with Gasteiger partial charge in [0.05, 0.1) is 25.4 Å². The van der Waals surface area contributed by atoms with Gasteiger partial charge in [0.1, 0.15) is 0 Å². The summed E-state index contributed by atoms with van der Waals surface area (Å²) in [4.78, 5) is 24.6. The number of nitrogens with one attached hydrogen (secondary N) is 1. The van der Waals surface area contributed by atoms with Crippen molar-refractivity contribution < 1.29 is 24.5 Å². The Morgan fingerprint density at radius 2 is 0.685 bits per heavy atom. The first-order valence-corrected chi connectivity index (χ1v) is 33.1. The number of unbranched alkanes of at least 4 members (excludes halogenated alkanes) is 47. The second-order valence-electron chi connectivity index (χ2n) is 22.8. The molecule has 0 aromatic heterocycles. The average molecular weight is 1030 g/mol. The number of aliphatic hydroxyl groups excluding tert-OH is 2. The van der Waals surface area contributed by atoms with Crippen LogP contribution in [0.15, 0.2) is 24.3 Å². The van der Waals surface area contributed by atoms with Crippen LogP contribution in [-0.4, -0.2) is 47.4 Å². The minimum atomic E-state index is -0.671. The van der Waals surface area contributed by atoms with Gasteiger partial charge in [-0.1, -0.05) is 321 Å². The Bertz CT molecular complexity index is 1140. The predicted molar refractivity (Wildman–Crippen MR) is 320 cm³/mol. The van der Waals surface area contributed by atoms with Gasteiger partial charge in [0.15, 0.2) is 0 Å². The summed E-state index contributed by atoms with van der Waals surface area (Å²) in [6, 6.07) is -0.550. The lowest BCUT2D eigenvalue weighted by atomic mass is 10.0. The molecule has 0 rings (SSSR count). The quantitative estimate of drug-likeness (QED) is 0.0320. The number of carbonyl (C=O) groups excluding carboxylic acids is 2. The van der Waals surface area contributed by atoms with Gasteiger partial charge in [0, 0.05) is 12.8 Å². The molecule has 0 saturated carbocycles. The molecule has 0 aliphatic rings. The van der Waals surface area contributed by atoms with Crippen molar-refractivity contribution in [3.8, 4) is 0 Å². The molecule has 0 fully saturated rings. The van der Waals surface area contributed by atoms with E-state index in [2.05, 4.69) is 43.5 Å². The fourth-order valence-corrected chi connectivity index (χ4v) is 10.4. The van der Waals surface area contributed by atoms with E-state index < -0.39 is 12.1 Å². The molecule has 0 aromatic carbocycles. The first-order valence-electron chi connectivity index (χ1n) is 33.1. The molecule has 0 saturated heterocycles. The van der Waals surface area contributed by atoms with Gasteiger partial charge >= 0.3 is 5.97 Å². The van der Waals surface area contributed by atoms with Crippen LogP contribution in [0.5, 0.6) is 0 Å². The topological polar surface area (TPSA) is 95.9 Å². The van der Waals surface area contributed by atoms with Gasteiger partial charge in [-0.25, -0.2) is 0 Å². The zero-order chi connectivity index (χ0) is 52.9. The van der Waals surface area contributed by atoms with Crippen molar-refractivity contribution >= 4 is 11.9 Å². The number of aliphatic hydroxyl groups is 2. The van der Waals surface area contributed by atoms with E-state index in [0.717, 1.165) is 44.9 Å². The number of rotatable bonds is 62. The lowest BCUT2D eigenvalue weighted by Crippen LogP contribution is -2.45. The van der Waals surface area contributed by atoms with Gasteiger partial charge in [-0.15, -0.1) is 0 Å². The number of allylic oxidation sites excluding steroid dienone is 4. The molecule has 0 heterocycles. The van der Waals surface area contributed by atoms with E-state index in [1.807, 2.05) is 0 Å². The van der Waals surface area contributed by atoms with Crippen molar-refractivity contribution in [1.82, 2.24) is 5.32 Å². The van der Waals surface area contributed by atoms with Crippen molar-refractivity contribution in [3.63, 3.8) is 0 Å². The molecule has 0 radical (unpaired) electrons. The molecule has 6 heteroatoms. The smallest absolute Gasteiger partial charge is 0.305 e. The number of hydrogen-bond donors (Lipinski definition) is 3. The maximum absolute atomic E-state index is 12.5. The number of ether oxygens (including phenoxy) is 1. The standard InChI is InChI=1S/C67H129NO5/c1-3-5-7-9-11-13-15-17-19-20-26-29-32-35-39-43-47-51-55-59-65(70)64(63-69)68-66(71)60-56-52-48-44-40-36-33-30-27-24-22-21-23-25-28-31-34-38-42-46-50-54-58-62-73-67(72)61-57-53-49-45-41-37-18-16-14-12-10-8-6-4-2/h21,23-24,27,64-65,69-70H,3-20,22,25-26,28-63H2,1-2H3,(H,68,71)/b23-21-,27-24-. The fourth-order valence-electron chi connectivity index (χ4n) is 10.4. The Balaban J connectivity index is 3.44. The van der Waals surface area contributed by atoms with Crippen LogP contribution in [0.3, 0.4) is 0 Å². The third-order valence-corrected chi connectivity index (χ3v) is 15.5. The second kappa shape index (κ2) is 62.9. The second-order valence-corrected chi connectivity index (χ2v) is 22.8. The van der Waals surface area contributed by atoms with E-state index in [1.165, 1.54) is 289 Å². The van der Waals surface area contributed by atoms with E-state index in [9.17, 15) is 19.8 Å². The normalized spacial score (nSPS) is 12.7. The van der Waals surface area contributed by atoms with Gasteiger partial charge in [-0.3, -0.25) is 9.59 Å². The van der Waals surface area contributed by atoms with Crippen molar-refractivity contribution in [3.05, 3.63) is 24.3 Å². The Morgan fingerprint density at radius 1 is 0.384 bits per heavy atom. The monoisotopic (exact) mass is 1030 g/mol. The van der Waals surface area contributed by atoms with Crippen molar-refractivity contribution in [2.45, 2.75) is 379 Å². The Labute approximate surface area is 456 Å². The molecule has 0 aliphatic heterocycles. The molecular weight excluding hydrogens is 899 g/mol. The summed E-state index contributed by atoms with van der Waals surface area (Å²) in [6.07, 6.45) is 77.7. The molecule has 0 aliphatic carbocycles. The molecule has 2 atom stereocenters. The first kappa shape index (κ1) is 71.3. The summed E-state index contributed by atoms with van der Waals surface area (Å²) in [6.45, 7) is 4.98. The van der Waals surface area contributed by atoms with Gasteiger partial charge in [-0.05, 0) is 57.8 Å². The highest BCUT2D eigenvalue weighted by atomic mass is 16.5. The minimum absolute atomic E-state index is 0.00998. The van der Waals surface area contributed by atoms with Crippen LogP contribution in [0.1, 0.15) is 367 Å². The highest BCUT2D eigenvalue weighted by Crippen LogP contribution is 2.18. The van der Waals surface area contributed by atoms with Crippen LogP contribution < -0.4 is 5.32 Å². The summed E-state index contributed by atoms with van der Waals surface area (Å²) < 4.78 is 5.48. The van der Waals surface area contributed by atoms with Crippen LogP contribution in [0.25, 0.3) is 0 Å². The number of amides is 1. The summed E-state index contributed by atoms with van der Waals surface area (Å²) in [5.41, 5.74) is 0. The summed E-state index contributed by atoms with van der Waals surface area (Å²) >= 11 is 0. The molecule has 0 spiro atoms. The fraction of sp³-hybridized carbons (Fsp3) is 0.910. The maximum Gasteiger partial charge on any atom is 0.305 e. The molecule has 1 amide bonds. The molecule has 6 nitrogen and oxygen atoms in total. The molecule has 3 N–H and O–H groups in total. The highest BCUT2D eigenvalue weighted by molar-refractivity contribution is 5.76. The van der Waals surface area contributed by atoms with E-state index in [4.69, 9.17) is 4.74 Å². The Morgan fingerprint density at radius 3 is 1.04 bits per heavy atom. The molecule has 2 unspecified atom stereocenters. The van der Waals surface area contributed by atoms with Crippen molar-refractivity contribution in [2.75, 3.05) is 13.2 Å². The minimum Gasteiger partial charge on any atom is -0.466 e. The SMILES string of the molecule is CCCCCCCCCCCCCCCCCCCCCC(O)C(CO)NC(=O)CCCCCCCCC/C=C\C/C=C\CCCCCCCCCCCOC(=O)CCCCCCCCCCCCCCCC. The zero-order valence-electron chi connectivity index (χ0n) is 49.4. The lowest BCUT2D eigenvalue weighted by Gasteiger charge is -2.22. The zero-order valence-corrected chi connectivity index (χ0v) is 49.4. The van der Waals surface area contributed by atoms with Gasteiger partial charge in [-0.2, -0.15) is 0 Å². The Hall–Kier alpha value is -1.66. The summed E-state index contributed by atoms with van der Waals surface area (Å²) in [7, 11) is 0. The van der Waals surface area contributed by atoms with Crippen LogP contribution in [0.2, 0.25) is 0 Å². The molecule has 0 aromatic rings. The highest BCUT2D eigenvalue weighted by Gasteiger charge is 2.20.